The molecule has 1 aliphatic heterocycles. The topological polar surface area (TPSA) is 64.2 Å². The maximum absolute atomic E-state index is 10.8. The Morgan fingerprint density at radius 3 is 2.64 bits per heavy atom. The molecule has 1 saturated heterocycles. The molecule has 1 amide bonds. The van der Waals surface area contributed by atoms with Crippen molar-refractivity contribution in [2.45, 2.75) is 19.3 Å². The van der Waals surface area contributed by atoms with Gasteiger partial charge in [0.1, 0.15) is 0 Å². The van der Waals surface area contributed by atoms with Gasteiger partial charge in [0.05, 0.1) is 0 Å². The number of primary amides is 1. The maximum Gasteiger partial charge on any atom is 0.269 e. The van der Waals surface area contributed by atoms with E-state index in [1.165, 1.54) is 19.3 Å². The second-order valence-corrected chi connectivity index (χ2v) is 3.50. The Kier molecular flexibility index (Phi) is 2.39. The van der Waals surface area contributed by atoms with Crippen LogP contribution in [-0.4, -0.2) is 28.9 Å². The van der Waals surface area contributed by atoms with E-state index in [2.05, 4.69) is 10.1 Å². The summed E-state index contributed by atoms with van der Waals surface area (Å²) in [6.45, 7) is 2.00. The quantitative estimate of drug-likeness (QED) is 0.726. The Bertz CT molecular complexity index is 327. The van der Waals surface area contributed by atoms with Crippen LogP contribution in [0.5, 0.6) is 0 Å². The van der Waals surface area contributed by atoms with Crippen molar-refractivity contribution in [2.24, 2.45) is 5.73 Å². The molecular formula is C9H14N4O. The zero-order valence-corrected chi connectivity index (χ0v) is 8.02. The average Bonchev–Trinajstić information content (AvgIpc) is 2.68. The lowest BCUT2D eigenvalue weighted by Gasteiger charge is -2.28. The lowest BCUT2D eigenvalue weighted by atomic mass is 10.2. The molecule has 5 nitrogen and oxygen atoms in total. The van der Waals surface area contributed by atoms with E-state index in [9.17, 15) is 4.79 Å². The van der Waals surface area contributed by atoms with E-state index < -0.39 is 5.91 Å². The number of piperidine rings is 1. The highest BCUT2D eigenvalue weighted by Gasteiger charge is 2.12. The highest BCUT2D eigenvalue weighted by molar-refractivity contribution is 5.90. The van der Waals surface area contributed by atoms with Gasteiger partial charge in [-0.25, -0.2) is 0 Å². The molecule has 2 N–H and O–H groups in total. The number of carbonyl (C=O) groups excluding carboxylic acids is 1. The second-order valence-electron chi connectivity index (χ2n) is 3.50. The van der Waals surface area contributed by atoms with Gasteiger partial charge in [-0.1, -0.05) is 0 Å². The van der Waals surface area contributed by atoms with E-state index in [-0.39, 0.29) is 0 Å². The summed E-state index contributed by atoms with van der Waals surface area (Å²) in [5, 5.41) is 6.22. The van der Waals surface area contributed by atoms with Crippen molar-refractivity contribution in [3.8, 4) is 0 Å². The van der Waals surface area contributed by atoms with Crippen molar-refractivity contribution in [1.82, 2.24) is 9.89 Å². The minimum atomic E-state index is -0.472. The van der Waals surface area contributed by atoms with Crippen LogP contribution < -0.4 is 10.7 Å². The average molecular weight is 194 g/mol. The van der Waals surface area contributed by atoms with Gasteiger partial charge in [0, 0.05) is 19.3 Å². The van der Waals surface area contributed by atoms with Gasteiger partial charge in [-0.05, 0) is 25.3 Å². The van der Waals surface area contributed by atoms with E-state index in [4.69, 9.17) is 5.73 Å². The SMILES string of the molecule is NC(=O)c1ccn(N2CCCCC2)n1. The molecule has 0 unspecified atom stereocenters. The summed E-state index contributed by atoms with van der Waals surface area (Å²) in [5.41, 5.74) is 5.45. The van der Waals surface area contributed by atoms with E-state index in [0.29, 0.717) is 5.69 Å². The molecule has 76 valence electrons. The molecule has 2 rings (SSSR count). The van der Waals surface area contributed by atoms with E-state index in [1.807, 2.05) is 0 Å². The van der Waals surface area contributed by atoms with Crippen LogP contribution in [0.3, 0.4) is 0 Å². The number of nitrogens with zero attached hydrogens (tertiary/aromatic N) is 3. The third kappa shape index (κ3) is 1.71. The van der Waals surface area contributed by atoms with Gasteiger partial charge < -0.3 is 5.73 Å². The first-order valence-electron chi connectivity index (χ1n) is 4.88. The van der Waals surface area contributed by atoms with Crippen molar-refractivity contribution in [1.29, 1.82) is 0 Å². The molecule has 0 aliphatic carbocycles. The van der Waals surface area contributed by atoms with Crippen LogP contribution in [0.25, 0.3) is 0 Å². The largest absolute Gasteiger partial charge is 0.364 e. The van der Waals surface area contributed by atoms with Crippen molar-refractivity contribution in [3.05, 3.63) is 18.0 Å². The van der Waals surface area contributed by atoms with Crippen LogP contribution in [0.1, 0.15) is 29.8 Å². The van der Waals surface area contributed by atoms with Gasteiger partial charge in [0.2, 0.25) is 0 Å². The molecule has 1 aliphatic rings. The first-order chi connectivity index (χ1) is 6.77. The highest BCUT2D eigenvalue weighted by atomic mass is 16.1. The molecule has 1 aromatic heterocycles. The smallest absolute Gasteiger partial charge is 0.269 e. The Labute approximate surface area is 82.5 Å². The van der Waals surface area contributed by atoms with Crippen LogP contribution in [0, 0.1) is 0 Å². The molecule has 0 radical (unpaired) electrons. The zero-order chi connectivity index (χ0) is 9.97. The maximum atomic E-state index is 10.8. The van der Waals surface area contributed by atoms with Crippen molar-refractivity contribution < 1.29 is 4.79 Å². The minimum Gasteiger partial charge on any atom is -0.364 e. The fraction of sp³-hybridized carbons (Fsp3) is 0.556. The number of carbonyl (C=O) groups is 1. The highest BCUT2D eigenvalue weighted by Crippen LogP contribution is 2.07. The molecule has 2 heterocycles. The summed E-state index contributed by atoms with van der Waals surface area (Å²) in [5.74, 6) is -0.472. The first-order valence-corrected chi connectivity index (χ1v) is 4.88. The zero-order valence-electron chi connectivity index (χ0n) is 8.02. The normalized spacial score (nSPS) is 17.0. The van der Waals surface area contributed by atoms with Gasteiger partial charge in [-0.2, -0.15) is 4.79 Å². The fourth-order valence-electron chi connectivity index (χ4n) is 1.69. The molecule has 14 heavy (non-hydrogen) atoms. The van der Waals surface area contributed by atoms with Crippen LogP contribution in [0.15, 0.2) is 12.3 Å². The molecule has 0 bridgehead atoms. The van der Waals surface area contributed by atoms with Crippen molar-refractivity contribution in [3.63, 3.8) is 0 Å². The Hall–Kier alpha value is -1.52. The van der Waals surface area contributed by atoms with Crippen molar-refractivity contribution >= 4 is 5.91 Å². The number of hydrogen-bond donors (Lipinski definition) is 1. The van der Waals surface area contributed by atoms with Crippen molar-refractivity contribution in [2.75, 3.05) is 18.1 Å². The minimum absolute atomic E-state index is 0.329. The molecule has 1 aromatic rings. The third-order valence-electron chi connectivity index (χ3n) is 2.45. The molecule has 0 saturated carbocycles. The van der Waals surface area contributed by atoms with Gasteiger partial charge in [-0.3, -0.25) is 9.80 Å². The van der Waals surface area contributed by atoms with Crippen LogP contribution in [0.2, 0.25) is 0 Å². The summed E-state index contributed by atoms with van der Waals surface area (Å²) in [6, 6.07) is 1.65. The standard InChI is InChI=1S/C9H14N4O/c10-9(14)8-4-7-13(11-8)12-5-2-1-3-6-12/h4,7H,1-3,5-6H2,(H2,10,14). The molecule has 0 atom stereocenters. The lowest BCUT2D eigenvalue weighted by molar-refractivity contribution is 0.0994. The summed E-state index contributed by atoms with van der Waals surface area (Å²) in [6.07, 6.45) is 5.43. The second kappa shape index (κ2) is 3.69. The van der Waals surface area contributed by atoms with Crippen LogP contribution in [-0.2, 0) is 0 Å². The predicted octanol–water partition coefficient (Wildman–Crippen LogP) is 0.104. The first kappa shape index (κ1) is 9.05. The number of hydrogen-bond acceptors (Lipinski definition) is 3. The summed E-state index contributed by atoms with van der Waals surface area (Å²) >= 11 is 0. The number of amides is 1. The molecule has 5 heteroatoms. The van der Waals surface area contributed by atoms with E-state index >= 15 is 0 Å². The molecule has 0 aromatic carbocycles. The predicted molar refractivity (Wildman–Crippen MR) is 52.5 cm³/mol. The fourth-order valence-corrected chi connectivity index (χ4v) is 1.69. The third-order valence-corrected chi connectivity index (χ3v) is 2.45. The summed E-state index contributed by atoms with van der Waals surface area (Å²) in [4.78, 5) is 12.5. The number of rotatable bonds is 2. The van der Waals surface area contributed by atoms with Crippen LogP contribution >= 0.6 is 0 Å². The summed E-state index contributed by atoms with van der Waals surface area (Å²) in [7, 11) is 0. The van der Waals surface area contributed by atoms with Crippen LogP contribution in [0.4, 0.5) is 0 Å². The lowest BCUT2D eigenvalue weighted by Crippen LogP contribution is -2.39. The van der Waals surface area contributed by atoms with E-state index in [1.54, 1.807) is 17.1 Å². The number of aromatic nitrogens is 2. The van der Waals surface area contributed by atoms with Gasteiger partial charge in [0.25, 0.3) is 5.91 Å². The van der Waals surface area contributed by atoms with Gasteiger partial charge in [-0.15, -0.1) is 5.10 Å². The summed E-state index contributed by atoms with van der Waals surface area (Å²) < 4.78 is 0. The van der Waals surface area contributed by atoms with E-state index in [0.717, 1.165) is 13.1 Å². The molecule has 0 spiro atoms. The Morgan fingerprint density at radius 2 is 2.07 bits per heavy atom. The monoisotopic (exact) mass is 194 g/mol. The number of nitrogens with two attached hydrogens (primary N) is 1. The molecular weight excluding hydrogens is 180 g/mol. The Morgan fingerprint density at radius 1 is 1.36 bits per heavy atom. The van der Waals surface area contributed by atoms with Gasteiger partial charge in [0.15, 0.2) is 5.69 Å². The van der Waals surface area contributed by atoms with Gasteiger partial charge >= 0.3 is 0 Å². The molecule has 1 fully saturated rings. The Balaban J connectivity index is 2.11.